The summed E-state index contributed by atoms with van der Waals surface area (Å²) in [7, 11) is 0. The summed E-state index contributed by atoms with van der Waals surface area (Å²) in [6, 6.07) is 0.117. The SMILES string of the molecule is CCN(CC)CCCC(C)NC(=O)c1nn[nH]n1. The highest BCUT2D eigenvalue weighted by atomic mass is 16.2. The lowest BCUT2D eigenvalue weighted by Crippen LogP contribution is -2.34. The van der Waals surface area contributed by atoms with E-state index in [9.17, 15) is 4.79 Å². The van der Waals surface area contributed by atoms with Crippen molar-refractivity contribution in [3.05, 3.63) is 5.82 Å². The van der Waals surface area contributed by atoms with Crippen LogP contribution in [0.1, 0.15) is 44.2 Å². The second-order valence-corrected chi connectivity index (χ2v) is 4.28. The van der Waals surface area contributed by atoms with Gasteiger partial charge in [0, 0.05) is 6.04 Å². The standard InChI is InChI=1S/C11H22N6O/c1-4-17(5-2)8-6-7-9(3)12-11(18)10-13-15-16-14-10/h9H,4-8H2,1-3H3,(H,12,18)(H,13,14,15,16). The highest BCUT2D eigenvalue weighted by Gasteiger charge is 2.13. The minimum Gasteiger partial charge on any atom is -0.347 e. The van der Waals surface area contributed by atoms with Crippen LogP contribution in [0.3, 0.4) is 0 Å². The predicted molar refractivity (Wildman–Crippen MR) is 68.1 cm³/mol. The lowest BCUT2D eigenvalue weighted by atomic mass is 10.1. The molecule has 1 rings (SSSR count). The van der Waals surface area contributed by atoms with Crippen molar-refractivity contribution in [2.45, 2.75) is 39.7 Å². The minimum absolute atomic E-state index is 0.0885. The topological polar surface area (TPSA) is 86.8 Å². The van der Waals surface area contributed by atoms with Gasteiger partial charge >= 0.3 is 0 Å². The second kappa shape index (κ2) is 7.75. The highest BCUT2D eigenvalue weighted by molar-refractivity contribution is 5.90. The Labute approximate surface area is 107 Å². The quantitative estimate of drug-likeness (QED) is 0.703. The van der Waals surface area contributed by atoms with E-state index in [4.69, 9.17) is 0 Å². The third-order valence-electron chi connectivity index (χ3n) is 2.93. The Morgan fingerprint density at radius 2 is 2.17 bits per heavy atom. The molecular formula is C11H22N6O. The number of H-pyrrole nitrogens is 1. The monoisotopic (exact) mass is 254 g/mol. The van der Waals surface area contributed by atoms with Gasteiger partial charge in [-0.15, -0.1) is 10.2 Å². The van der Waals surface area contributed by atoms with Crippen molar-refractivity contribution < 1.29 is 4.79 Å². The molecule has 0 aromatic carbocycles. The van der Waals surface area contributed by atoms with Crippen molar-refractivity contribution in [1.29, 1.82) is 0 Å². The molecule has 0 aliphatic carbocycles. The number of nitrogens with one attached hydrogen (secondary N) is 2. The highest BCUT2D eigenvalue weighted by Crippen LogP contribution is 2.00. The fraction of sp³-hybridized carbons (Fsp3) is 0.818. The van der Waals surface area contributed by atoms with E-state index in [1.54, 1.807) is 0 Å². The van der Waals surface area contributed by atoms with Crippen LogP contribution in [0.25, 0.3) is 0 Å². The smallest absolute Gasteiger partial charge is 0.293 e. The average molecular weight is 254 g/mol. The first-order chi connectivity index (χ1) is 8.67. The summed E-state index contributed by atoms with van der Waals surface area (Å²) in [5, 5.41) is 15.7. The van der Waals surface area contributed by atoms with Gasteiger partial charge in [-0.2, -0.15) is 5.21 Å². The van der Waals surface area contributed by atoms with Gasteiger partial charge in [-0.05, 0) is 44.6 Å². The fourth-order valence-corrected chi connectivity index (χ4v) is 1.78. The Hall–Kier alpha value is -1.50. The van der Waals surface area contributed by atoms with E-state index in [1.165, 1.54) is 0 Å². The van der Waals surface area contributed by atoms with Crippen LogP contribution in [0.2, 0.25) is 0 Å². The number of aromatic amines is 1. The zero-order valence-corrected chi connectivity index (χ0v) is 11.3. The van der Waals surface area contributed by atoms with E-state index >= 15 is 0 Å². The van der Waals surface area contributed by atoms with Gasteiger partial charge in [0.05, 0.1) is 0 Å². The summed E-state index contributed by atoms with van der Waals surface area (Å²) >= 11 is 0. The molecule has 0 radical (unpaired) electrons. The van der Waals surface area contributed by atoms with Gasteiger partial charge in [0.15, 0.2) is 0 Å². The number of carbonyl (C=O) groups excluding carboxylic acids is 1. The Bertz CT molecular complexity index is 335. The second-order valence-electron chi connectivity index (χ2n) is 4.28. The van der Waals surface area contributed by atoms with E-state index in [2.05, 4.69) is 44.7 Å². The number of tetrazole rings is 1. The predicted octanol–water partition coefficient (Wildman–Crippen LogP) is 0.440. The van der Waals surface area contributed by atoms with Gasteiger partial charge in [0.25, 0.3) is 11.7 Å². The molecular weight excluding hydrogens is 232 g/mol. The molecule has 0 aliphatic heterocycles. The van der Waals surface area contributed by atoms with Crippen LogP contribution in [0.15, 0.2) is 0 Å². The average Bonchev–Trinajstić information content (AvgIpc) is 2.88. The third kappa shape index (κ3) is 4.79. The molecule has 0 bridgehead atoms. The number of carbonyl (C=O) groups is 1. The van der Waals surface area contributed by atoms with Crippen LogP contribution in [0, 0.1) is 0 Å². The Morgan fingerprint density at radius 1 is 1.44 bits per heavy atom. The molecule has 7 nitrogen and oxygen atoms in total. The summed E-state index contributed by atoms with van der Waals surface area (Å²) in [6.45, 7) is 9.51. The molecule has 0 saturated heterocycles. The molecule has 1 unspecified atom stereocenters. The fourth-order valence-electron chi connectivity index (χ4n) is 1.78. The van der Waals surface area contributed by atoms with E-state index in [-0.39, 0.29) is 17.8 Å². The van der Waals surface area contributed by atoms with Crippen molar-refractivity contribution in [3.8, 4) is 0 Å². The number of hydrogen-bond acceptors (Lipinski definition) is 5. The normalized spacial score (nSPS) is 12.7. The summed E-state index contributed by atoms with van der Waals surface area (Å²) in [6.07, 6.45) is 2.01. The zero-order valence-electron chi connectivity index (χ0n) is 11.3. The molecule has 7 heteroatoms. The maximum Gasteiger partial charge on any atom is 0.293 e. The lowest BCUT2D eigenvalue weighted by molar-refractivity contribution is 0.0927. The number of nitrogens with zero attached hydrogens (tertiary/aromatic N) is 4. The number of rotatable bonds is 8. The first-order valence-corrected chi connectivity index (χ1v) is 6.44. The van der Waals surface area contributed by atoms with Gasteiger partial charge in [-0.25, -0.2) is 0 Å². The molecule has 0 fully saturated rings. The molecule has 18 heavy (non-hydrogen) atoms. The van der Waals surface area contributed by atoms with Gasteiger partial charge < -0.3 is 10.2 Å². The lowest BCUT2D eigenvalue weighted by Gasteiger charge is -2.19. The van der Waals surface area contributed by atoms with E-state index in [0.717, 1.165) is 32.5 Å². The van der Waals surface area contributed by atoms with Crippen molar-refractivity contribution >= 4 is 5.91 Å². The Morgan fingerprint density at radius 3 is 2.72 bits per heavy atom. The molecule has 2 N–H and O–H groups in total. The van der Waals surface area contributed by atoms with Crippen LogP contribution in [0.5, 0.6) is 0 Å². The van der Waals surface area contributed by atoms with Crippen molar-refractivity contribution in [3.63, 3.8) is 0 Å². The minimum atomic E-state index is -0.279. The van der Waals surface area contributed by atoms with E-state index in [1.807, 2.05) is 6.92 Å². The first-order valence-electron chi connectivity index (χ1n) is 6.44. The zero-order chi connectivity index (χ0) is 13.4. The third-order valence-corrected chi connectivity index (χ3v) is 2.93. The van der Waals surface area contributed by atoms with Crippen molar-refractivity contribution in [1.82, 2.24) is 30.8 Å². The van der Waals surface area contributed by atoms with Gasteiger partial charge in [-0.3, -0.25) is 4.79 Å². The molecule has 1 aromatic heterocycles. The molecule has 102 valence electrons. The largest absolute Gasteiger partial charge is 0.347 e. The summed E-state index contributed by atoms with van der Waals surface area (Å²) < 4.78 is 0. The van der Waals surface area contributed by atoms with Crippen LogP contribution in [-0.2, 0) is 0 Å². The maximum absolute atomic E-state index is 11.6. The molecule has 1 amide bonds. The Balaban J connectivity index is 2.21. The summed E-state index contributed by atoms with van der Waals surface area (Å²) in [4.78, 5) is 14.0. The van der Waals surface area contributed by atoms with Crippen LogP contribution < -0.4 is 5.32 Å². The summed E-state index contributed by atoms with van der Waals surface area (Å²) in [5.41, 5.74) is 0. The van der Waals surface area contributed by atoms with Crippen molar-refractivity contribution in [2.24, 2.45) is 0 Å². The van der Waals surface area contributed by atoms with Crippen LogP contribution >= 0.6 is 0 Å². The van der Waals surface area contributed by atoms with Crippen LogP contribution in [-0.4, -0.2) is 57.1 Å². The van der Waals surface area contributed by atoms with Crippen LogP contribution in [0.4, 0.5) is 0 Å². The molecule has 0 aliphatic rings. The van der Waals surface area contributed by atoms with Gasteiger partial charge in [0.1, 0.15) is 0 Å². The molecule has 1 atom stereocenters. The van der Waals surface area contributed by atoms with Gasteiger partial charge in [0.2, 0.25) is 0 Å². The molecule has 0 spiro atoms. The molecule has 0 saturated carbocycles. The number of hydrogen-bond donors (Lipinski definition) is 2. The number of amides is 1. The number of aromatic nitrogens is 4. The van der Waals surface area contributed by atoms with Gasteiger partial charge in [-0.1, -0.05) is 13.8 Å². The maximum atomic E-state index is 11.6. The first kappa shape index (κ1) is 14.6. The van der Waals surface area contributed by atoms with E-state index in [0.29, 0.717) is 0 Å². The molecule has 1 aromatic rings. The van der Waals surface area contributed by atoms with Crippen molar-refractivity contribution in [2.75, 3.05) is 19.6 Å². The summed E-state index contributed by atoms with van der Waals surface area (Å²) in [5.74, 6) is -0.190. The Kier molecular flexibility index (Phi) is 6.27. The van der Waals surface area contributed by atoms with E-state index < -0.39 is 0 Å². The molecule has 1 heterocycles.